The van der Waals surface area contributed by atoms with Crippen molar-refractivity contribution in [3.05, 3.63) is 94.7 Å². The van der Waals surface area contributed by atoms with Gasteiger partial charge in [0.25, 0.3) is 0 Å². The van der Waals surface area contributed by atoms with E-state index >= 15 is 0 Å². The number of carbonyl (C=O) groups is 2. The molecule has 0 fully saturated rings. The number of carboxylic acid groups (broad SMARTS) is 1. The van der Waals surface area contributed by atoms with Crippen LogP contribution in [0.1, 0.15) is 47.4 Å². The fraction of sp³-hybridized carbons (Fsp3) is 0.233. The van der Waals surface area contributed by atoms with Gasteiger partial charge in [0.15, 0.2) is 5.76 Å². The maximum atomic E-state index is 12.8. The second-order valence-corrected chi connectivity index (χ2v) is 9.29. The number of nitrogens with one attached hydrogen (secondary N) is 1. The number of amides is 1. The maximum absolute atomic E-state index is 12.8. The first kappa shape index (κ1) is 24.3. The van der Waals surface area contributed by atoms with Gasteiger partial charge in [0.1, 0.15) is 17.5 Å². The molecule has 0 radical (unpaired) electrons. The van der Waals surface area contributed by atoms with Gasteiger partial charge in [0.05, 0.1) is 6.42 Å². The summed E-state index contributed by atoms with van der Waals surface area (Å²) in [4.78, 5) is 23.8. The molecule has 7 heteroatoms. The highest BCUT2D eigenvalue weighted by molar-refractivity contribution is 5.92. The Kier molecular flexibility index (Phi) is 6.77. The van der Waals surface area contributed by atoms with E-state index in [9.17, 15) is 9.59 Å². The van der Waals surface area contributed by atoms with E-state index in [-0.39, 0.29) is 6.42 Å². The first-order chi connectivity index (χ1) is 17.9. The van der Waals surface area contributed by atoms with Crippen LogP contribution in [0.2, 0.25) is 0 Å². The summed E-state index contributed by atoms with van der Waals surface area (Å²) in [5.41, 5.74) is 8.25. The quantitative estimate of drug-likeness (QED) is 0.294. The van der Waals surface area contributed by atoms with Gasteiger partial charge in [0.2, 0.25) is 0 Å². The number of fused-ring (bicyclic) bond motifs is 1. The zero-order valence-electron chi connectivity index (χ0n) is 20.8. The first-order valence-electron chi connectivity index (χ1n) is 12.4. The van der Waals surface area contributed by atoms with Crippen LogP contribution in [0, 0.1) is 6.92 Å². The summed E-state index contributed by atoms with van der Waals surface area (Å²) in [7, 11) is 0. The second-order valence-electron chi connectivity index (χ2n) is 9.29. The molecule has 1 aliphatic rings. The molecule has 1 aliphatic carbocycles. The van der Waals surface area contributed by atoms with Gasteiger partial charge in [-0.3, -0.25) is 10.1 Å². The molecule has 5 rings (SSSR count). The molecule has 1 unspecified atom stereocenters. The molecule has 1 atom stereocenters. The van der Waals surface area contributed by atoms with E-state index in [1.54, 1.807) is 6.92 Å². The third-order valence-corrected chi connectivity index (χ3v) is 6.79. The van der Waals surface area contributed by atoms with Gasteiger partial charge in [-0.15, -0.1) is 0 Å². The normalized spacial score (nSPS) is 13.1. The Morgan fingerprint density at radius 3 is 2.38 bits per heavy atom. The number of nitrogens with zero attached hydrogens (tertiary/aromatic N) is 1. The van der Waals surface area contributed by atoms with E-state index in [1.165, 1.54) is 11.1 Å². The number of ether oxygens (including phenoxy) is 1. The van der Waals surface area contributed by atoms with Crippen LogP contribution in [0.5, 0.6) is 0 Å². The Labute approximate surface area is 215 Å². The Balaban J connectivity index is 1.41. The first-order valence-corrected chi connectivity index (χ1v) is 12.4. The van der Waals surface area contributed by atoms with Crippen LogP contribution in [0.3, 0.4) is 0 Å². The number of aliphatic carboxylic acids is 1. The molecule has 1 heterocycles. The molecule has 7 nitrogen and oxygen atoms in total. The van der Waals surface area contributed by atoms with Crippen molar-refractivity contribution >= 4 is 17.7 Å². The smallest absolute Gasteiger partial charge is 0.412 e. The van der Waals surface area contributed by atoms with Crippen molar-refractivity contribution in [3.8, 4) is 22.5 Å². The molecular weight excluding hydrogens is 468 g/mol. The van der Waals surface area contributed by atoms with E-state index in [1.807, 2.05) is 67.6 Å². The average Bonchev–Trinajstić information content (AvgIpc) is 3.52. The molecule has 0 bridgehead atoms. The summed E-state index contributed by atoms with van der Waals surface area (Å²) in [6.45, 7) is 3.62. The zero-order valence-corrected chi connectivity index (χ0v) is 20.8. The SMILES string of the molecule is Cc1noc(-c2ccc(-c3ccc(CC(=O)O)cc3)c3c2CCC3)c1NC(=O)OC(C)c1ccccc1. The molecule has 2 N–H and O–H groups in total. The zero-order chi connectivity index (χ0) is 25.9. The molecule has 0 spiro atoms. The molecular formula is C30H28N2O5. The molecule has 0 saturated carbocycles. The number of benzene rings is 3. The number of hydrogen-bond donors (Lipinski definition) is 2. The highest BCUT2D eigenvalue weighted by Crippen LogP contribution is 2.41. The molecule has 188 valence electrons. The Morgan fingerprint density at radius 1 is 1.00 bits per heavy atom. The van der Waals surface area contributed by atoms with Crippen molar-refractivity contribution in [2.45, 2.75) is 45.6 Å². The standard InChI is InChI=1S/C30H28N2O5/c1-18-28(31-30(35)36-19(2)21-7-4-3-5-8-21)29(37-32-18)26-16-15-23(24-9-6-10-25(24)26)22-13-11-20(12-14-22)17-27(33)34/h3-5,7-8,11-16,19H,6,9-10,17H2,1-2H3,(H,31,35)(H,33,34). The monoisotopic (exact) mass is 496 g/mol. The van der Waals surface area contributed by atoms with E-state index in [0.29, 0.717) is 17.1 Å². The summed E-state index contributed by atoms with van der Waals surface area (Å²) < 4.78 is 11.3. The van der Waals surface area contributed by atoms with Crippen LogP contribution in [0.25, 0.3) is 22.5 Å². The largest absolute Gasteiger partial charge is 0.481 e. The number of hydrogen-bond acceptors (Lipinski definition) is 5. The minimum Gasteiger partial charge on any atom is -0.481 e. The number of aryl methyl sites for hydroxylation is 1. The van der Waals surface area contributed by atoms with Crippen LogP contribution in [0.4, 0.5) is 10.5 Å². The van der Waals surface area contributed by atoms with Crippen molar-refractivity contribution in [2.75, 3.05) is 5.32 Å². The minimum atomic E-state index is -0.844. The third kappa shape index (κ3) is 5.11. The molecule has 0 saturated heterocycles. The van der Waals surface area contributed by atoms with Gasteiger partial charge < -0.3 is 14.4 Å². The van der Waals surface area contributed by atoms with Crippen LogP contribution in [0.15, 0.2) is 71.3 Å². The highest BCUT2D eigenvalue weighted by atomic mass is 16.6. The fourth-order valence-electron chi connectivity index (χ4n) is 4.95. The Morgan fingerprint density at radius 2 is 1.68 bits per heavy atom. The van der Waals surface area contributed by atoms with Crippen molar-refractivity contribution in [1.29, 1.82) is 0 Å². The van der Waals surface area contributed by atoms with E-state index in [0.717, 1.165) is 47.1 Å². The number of aromatic nitrogens is 1. The molecule has 4 aromatic rings. The summed E-state index contributed by atoms with van der Waals surface area (Å²) in [5, 5.41) is 16.0. The number of carboxylic acids is 1. The lowest BCUT2D eigenvalue weighted by Gasteiger charge is -2.15. The number of anilines is 1. The molecule has 1 amide bonds. The molecule has 0 aliphatic heterocycles. The third-order valence-electron chi connectivity index (χ3n) is 6.79. The van der Waals surface area contributed by atoms with Crippen LogP contribution in [-0.2, 0) is 28.8 Å². The Bertz CT molecular complexity index is 1440. The summed E-state index contributed by atoms with van der Waals surface area (Å²) in [6, 6.07) is 21.3. The summed E-state index contributed by atoms with van der Waals surface area (Å²) in [5.74, 6) is -0.327. The highest BCUT2D eigenvalue weighted by Gasteiger charge is 2.26. The van der Waals surface area contributed by atoms with Crippen molar-refractivity contribution < 1.29 is 24.0 Å². The maximum Gasteiger partial charge on any atom is 0.412 e. The molecule has 1 aromatic heterocycles. The summed E-state index contributed by atoms with van der Waals surface area (Å²) >= 11 is 0. The van der Waals surface area contributed by atoms with Crippen molar-refractivity contribution in [1.82, 2.24) is 5.16 Å². The average molecular weight is 497 g/mol. The van der Waals surface area contributed by atoms with E-state index in [4.69, 9.17) is 14.4 Å². The molecule has 3 aromatic carbocycles. The predicted molar refractivity (Wildman–Crippen MR) is 140 cm³/mol. The van der Waals surface area contributed by atoms with Gasteiger partial charge in [-0.2, -0.15) is 0 Å². The summed E-state index contributed by atoms with van der Waals surface area (Å²) in [6.07, 6.45) is 1.87. The number of rotatable bonds is 7. The van der Waals surface area contributed by atoms with Gasteiger partial charge in [-0.1, -0.05) is 71.9 Å². The fourth-order valence-corrected chi connectivity index (χ4v) is 4.95. The van der Waals surface area contributed by atoms with Gasteiger partial charge >= 0.3 is 12.1 Å². The van der Waals surface area contributed by atoms with E-state index in [2.05, 4.69) is 16.5 Å². The minimum absolute atomic E-state index is 0.00447. The predicted octanol–water partition coefficient (Wildman–Crippen LogP) is 6.74. The van der Waals surface area contributed by atoms with Crippen LogP contribution >= 0.6 is 0 Å². The second kappa shape index (κ2) is 10.3. The molecule has 37 heavy (non-hydrogen) atoms. The van der Waals surface area contributed by atoms with Gasteiger partial charge in [-0.05, 0) is 66.5 Å². The van der Waals surface area contributed by atoms with Crippen LogP contribution in [-0.4, -0.2) is 22.3 Å². The topological polar surface area (TPSA) is 102 Å². The van der Waals surface area contributed by atoms with E-state index < -0.39 is 18.2 Å². The Hall–Kier alpha value is -4.39. The lowest BCUT2D eigenvalue weighted by molar-refractivity contribution is -0.136. The van der Waals surface area contributed by atoms with Crippen LogP contribution < -0.4 is 5.32 Å². The van der Waals surface area contributed by atoms with Gasteiger partial charge in [0, 0.05) is 5.56 Å². The van der Waals surface area contributed by atoms with Crippen molar-refractivity contribution in [2.24, 2.45) is 0 Å². The lowest BCUT2D eigenvalue weighted by atomic mass is 9.92. The van der Waals surface area contributed by atoms with Crippen molar-refractivity contribution in [3.63, 3.8) is 0 Å². The number of carbonyl (C=O) groups excluding carboxylic acids is 1. The van der Waals surface area contributed by atoms with Gasteiger partial charge in [-0.25, -0.2) is 4.79 Å². The lowest BCUT2D eigenvalue weighted by Crippen LogP contribution is -2.16.